The summed E-state index contributed by atoms with van der Waals surface area (Å²) in [6, 6.07) is 10.4. The van der Waals surface area contributed by atoms with Gasteiger partial charge in [0.1, 0.15) is 6.42 Å². The fraction of sp³-hybridized carbons (Fsp3) is 0.500. The SMILES string of the molecule is CN(CCc1ccc(C(C)(C)C)cc1)C(=O)CC#N. The first-order chi connectivity index (χ1) is 8.84. The van der Waals surface area contributed by atoms with Crippen LogP contribution in [0, 0.1) is 11.3 Å². The Morgan fingerprint density at radius 1 is 1.26 bits per heavy atom. The summed E-state index contributed by atoms with van der Waals surface area (Å²) >= 11 is 0. The Morgan fingerprint density at radius 3 is 2.32 bits per heavy atom. The van der Waals surface area contributed by atoms with Crippen LogP contribution in [0.4, 0.5) is 0 Å². The molecule has 1 rings (SSSR count). The monoisotopic (exact) mass is 258 g/mol. The smallest absolute Gasteiger partial charge is 0.236 e. The number of benzene rings is 1. The van der Waals surface area contributed by atoms with Crippen LogP contribution < -0.4 is 0 Å². The molecular weight excluding hydrogens is 236 g/mol. The lowest BCUT2D eigenvalue weighted by molar-refractivity contribution is -0.128. The summed E-state index contributed by atoms with van der Waals surface area (Å²) in [4.78, 5) is 13.1. The maximum atomic E-state index is 11.5. The molecule has 0 bridgehead atoms. The van der Waals surface area contributed by atoms with Gasteiger partial charge in [0.05, 0.1) is 6.07 Å². The quantitative estimate of drug-likeness (QED) is 0.833. The largest absolute Gasteiger partial charge is 0.345 e. The van der Waals surface area contributed by atoms with Crippen molar-refractivity contribution in [3.8, 4) is 6.07 Å². The molecule has 0 fully saturated rings. The summed E-state index contributed by atoms with van der Waals surface area (Å²) in [6.07, 6.45) is 0.775. The summed E-state index contributed by atoms with van der Waals surface area (Å²) in [6.45, 7) is 7.22. The van der Waals surface area contributed by atoms with Crippen molar-refractivity contribution in [1.29, 1.82) is 5.26 Å². The van der Waals surface area contributed by atoms with E-state index in [0.717, 1.165) is 6.42 Å². The summed E-state index contributed by atoms with van der Waals surface area (Å²) < 4.78 is 0. The molecule has 0 aliphatic carbocycles. The fourth-order valence-corrected chi connectivity index (χ4v) is 1.80. The first-order valence-corrected chi connectivity index (χ1v) is 6.55. The van der Waals surface area contributed by atoms with Crippen LogP contribution in [0.25, 0.3) is 0 Å². The van der Waals surface area contributed by atoms with Gasteiger partial charge in [-0.05, 0) is 23.0 Å². The number of nitrogens with zero attached hydrogens (tertiary/aromatic N) is 2. The second-order valence-electron chi connectivity index (χ2n) is 5.85. The molecule has 1 amide bonds. The fourth-order valence-electron chi connectivity index (χ4n) is 1.80. The van der Waals surface area contributed by atoms with E-state index in [1.54, 1.807) is 11.9 Å². The lowest BCUT2D eigenvalue weighted by atomic mass is 9.86. The molecule has 102 valence electrons. The zero-order chi connectivity index (χ0) is 14.5. The van der Waals surface area contributed by atoms with Gasteiger partial charge in [-0.15, -0.1) is 0 Å². The van der Waals surface area contributed by atoms with Gasteiger partial charge in [0.15, 0.2) is 0 Å². The van der Waals surface area contributed by atoms with Gasteiger partial charge in [-0.25, -0.2) is 0 Å². The van der Waals surface area contributed by atoms with Crippen LogP contribution in [-0.2, 0) is 16.6 Å². The Bertz CT molecular complexity index is 463. The van der Waals surface area contributed by atoms with E-state index in [1.165, 1.54) is 11.1 Å². The zero-order valence-electron chi connectivity index (χ0n) is 12.2. The molecule has 0 saturated carbocycles. The Balaban J connectivity index is 2.55. The molecule has 0 saturated heterocycles. The third-order valence-electron chi connectivity index (χ3n) is 3.21. The van der Waals surface area contributed by atoms with Crippen molar-refractivity contribution in [2.24, 2.45) is 0 Å². The predicted octanol–water partition coefficient (Wildman–Crippen LogP) is 2.90. The van der Waals surface area contributed by atoms with E-state index in [1.807, 2.05) is 6.07 Å². The van der Waals surface area contributed by atoms with Crippen molar-refractivity contribution >= 4 is 5.91 Å². The van der Waals surface area contributed by atoms with Crippen molar-refractivity contribution in [1.82, 2.24) is 4.90 Å². The standard InChI is InChI=1S/C16H22N2O/c1-16(2,3)14-7-5-13(6-8-14)10-12-18(4)15(19)9-11-17/h5-8H,9-10,12H2,1-4H3. The topological polar surface area (TPSA) is 44.1 Å². The van der Waals surface area contributed by atoms with Gasteiger partial charge in [0.2, 0.25) is 5.91 Å². The van der Waals surface area contributed by atoms with Crippen molar-refractivity contribution < 1.29 is 4.79 Å². The van der Waals surface area contributed by atoms with Crippen LogP contribution in [0.15, 0.2) is 24.3 Å². The van der Waals surface area contributed by atoms with Crippen LogP contribution in [0.2, 0.25) is 0 Å². The van der Waals surface area contributed by atoms with Gasteiger partial charge >= 0.3 is 0 Å². The number of likely N-dealkylation sites (N-methyl/N-ethyl adjacent to an activating group) is 1. The third kappa shape index (κ3) is 4.75. The van der Waals surface area contributed by atoms with Crippen LogP contribution >= 0.6 is 0 Å². The number of nitriles is 1. The summed E-state index contributed by atoms with van der Waals surface area (Å²) in [5, 5.41) is 8.48. The average molecular weight is 258 g/mol. The van der Waals surface area contributed by atoms with Crippen molar-refractivity contribution in [2.75, 3.05) is 13.6 Å². The second kappa shape index (κ2) is 6.38. The number of rotatable bonds is 4. The first-order valence-electron chi connectivity index (χ1n) is 6.55. The maximum Gasteiger partial charge on any atom is 0.236 e. The predicted molar refractivity (Wildman–Crippen MR) is 76.7 cm³/mol. The van der Waals surface area contributed by atoms with Crippen molar-refractivity contribution in [2.45, 2.75) is 39.0 Å². The highest BCUT2D eigenvalue weighted by Crippen LogP contribution is 2.22. The Kier molecular flexibility index (Phi) is 5.11. The van der Waals surface area contributed by atoms with E-state index in [-0.39, 0.29) is 17.7 Å². The first kappa shape index (κ1) is 15.2. The highest BCUT2D eigenvalue weighted by atomic mass is 16.2. The molecule has 1 aromatic carbocycles. The molecule has 0 unspecified atom stereocenters. The van der Waals surface area contributed by atoms with Crippen molar-refractivity contribution in [3.63, 3.8) is 0 Å². The Labute approximate surface area is 115 Å². The Morgan fingerprint density at radius 2 is 1.84 bits per heavy atom. The van der Waals surface area contributed by atoms with Gasteiger partial charge in [-0.1, -0.05) is 45.0 Å². The summed E-state index contributed by atoms with van der Waals surface area (Å²) in [5.41, 5.74) is 2.69. The maximum absolute atomic E-state index is 11.5. The summed E-state index contributed by atoms with van der Waals surface area (Å²) in [5.74, 6) is -0.117. The van der Waals surface area contributed by atoms with E-state index in [0.29, 0.717) is 6.54 Å². The molecule has 19 heavy (non-hydrogen) atoms. The lowest BCUT2D eigenvalue weighted by Crippen LogP contribution is -2.28. The highest BCUT2D eigenvalue weighted by Gasteiger charge is 2.13. The molecule has 0 spiro atoms. The summed E-state index contributed by atoms with van der Waals surface area (Å²) in [7, 11) is 1.74. The number of hydrogen-bond donors (Lipinski definition) is 0. The lowest BCUT2D eigenvalue weighted by Gasteiger charge is -2.20. The van der Waals surface area contributed by atoms with E-state index < -0.39 is 0 Å². The van der Waals surface area contributed by atoms with Crippen LogP contribution in [-0.4, -0.2) is 24.4 Å². The highest BCUT2D eigenvalue weighted by molar-refractivity contribution is 5.77. The van der Waals surface area contributed by atoms with Gasteiger partial charge in [-0.3, -0.25) is 4.79 Å². The molecule has 0 aliphatic heterocycles. The molecule has 0 aromatic heterocycles. The number of carbonyl (C=O) groups is 1. The molecule has 0 heterocycles. The third-order valence-corrected chi connectivity index (χ3v) is 3.21. The zero-order valence-corrected chi connectivity index (χ0v) is 12.2. The number of hydrogen-bond acceptors (Lipinski definition) is 2. The van der Waals surface area contributed by atoms with Gasteiger partial charge < -0.3 is 4.90 Å². The van der Waals surface area contributed by atoms with Crippen molar-refractivity contribution in [3.05, 3.63) is 35.4 Å². The number of carbonyl (C=O) groups excluding carboxylic acids is 1. The van der Waals surface area contributed by atoms with Crippen LogP contribution in [0.5, 0.6) is 0 Å². The minimum absolute atomic E-state index is 0.0422. The molecule has 1 aromatic rings. The van der Waals surface area contributed by atoms with Crippen LogP contribution in [0.1, 0.15) is 38.3 Å². The molecule has 0 aliphatic rings. The van der Waals surface area contributed by atoms with Gasteiger partial charge in [0, 0.05) is 13.6 Å². The molecule has 3 nitrogen and oxygen atoms in total. The molecule has 0 radical (unpaired) electrons. The van der Waals surface area contributed by atoms with E-state index in [2.05, 4.69) is 45.0 Å². The Hall–Kier alpha value is -1.82. The van der Waals surface area contributed by atoms with E-state index in [4.69, 9.17) is 5.26 Å². The minimum Gasteiger partial charge on any atom is -0.345 e. The second-order valence-corrected chi connectivity index (χ2v) is 5.85. The average Bonchev–Trinajstić information content (AvgIpc) is 2.35. The minimum atomic E-state index is -0.117. The van der Waals surface area contributed by atoms with Crippen LogP contribution in [0.3, 0.4) is 0 Å². The molecular formula is C16H22N2O. The molecule has 0 N–H and O–H groups in total. The molecule has 3 heteroatoms. The van der Waals surface area contributed by atoms with Gasteiger partial charge in [0.25, 0.3) is 0 Å². The van der Waals surface area contributed by atoms with E-state index in [9.17, 15) is 4.79 Å². The normalized spacial score (nSPS) is 10.9. The van der Waals surface area contributed by atoms with Gasteiger partial charge in [-0.2, -0.15) is 5.26 Å². The molecule has 0 atom stereocenters. The number of amides is 1. The van der Waals surface area contributed by atoms with E-state index >= 15 is 0 Å².